The molecule has 0 spiro atoms. The summed E-state index contributed by atoms with van der Waals surface area (Å²) >= 11 is 0. The monoisotopic (exact) mass is 432 g/mol. The molecule has 0 radical (unpaired) electrons. The molecule has 0 fully saturated rings. The minimum atomic E-state index is -4.41. The Morgan fingerprint density at radius 3 is 2.61 bits per heavy atom. The second-order valence-electron chi connectivity index (χ2n) is 7.43. The van der Waals surface area contributed by atoms with Gasteiger partial charge in [-0.2, -0.15) is 13.2 Å². The lowest BCUT2D eigenvalue weighted by Gasteiger charge is -2.26. The third-order valence-electron chi connectivity index (χ3n) is 4.52. The largest absolute Gasteiger partial charge is 0.484 e. The Hall–Kier alpha value is -3.36. The zero-order valence-corrected chi connectivity index (χ0v) is 17.4. The summed E-state index contributed by atoms with van der Waals surface area (Å²) in [6.45, 7) is 2.82. The van der Waals surface area contributed by atoms with Crippen LogP contribution in [0.5, 0.6) is 5.75 Å². The van der Waals surface area contributed by atoms with Gasteiger partial charge in [0.25, 0.3) is 5.91 Å². The van der Waals surface area contributed by atoms with E-state index >= 15 is 0 Å². The molecule has 0 aliphatic rings. The fourth-order valence-corrected chi connectivity index (χ4v) is 3.00. The molecule has 0 unspecified atom stereocenters. The van der Waals surface area contributed by atoms with Gasteiger partial charge in [-0.25, -0.2) is 4.98 Å². The molecule has 0 aliphatic carbocycles. The fraction of sp³-hybridized carbons (Fsp3) is 0.318. The number of hydrogen-bond donors (Lipinski definition) is 0. The molecule has 1 amide bonds. The molecule has 31 heavy (non-hydrogen) atoms. The zero-order chi connectivity index (χ0) is 22.6. The van der Waals surface area contributed by atoms with Crippen LogP contribution in [0, 0.1) is 0 Å². The Bertz CT molecular complexity index is 1050. The molecule has 2 heterocycles. The highest BCUT2D eigenvalue weighted by atomic mass is 19.4. The average Bonchev–Trinajstić information content (AvgIpc) is 3.16. The lowest BCUT2D eigenvalue weighted by atomic mass is 10.1. The Morgan fingerprint density at radius 1 is 1.19 bits per heavy atom. The molecule has 6 nitrogen and oxygen atoms in total. The van der Waals surface area contributed by atoms with Crippen LogP contribution in [0.2, 0.25) is 0 Å². The van der Waals surface area contributed by atoms with E-state index in [-0.39, 0.29) is 17.7 Å². The molecule has 0 aliphatic heterocycles. The summed E-state index contributed by atoms with van der Waals surface area (Å²) in [6, 6.07) is 9.87. The van der Waals surface area contributed by atoms with Crippen LogP contribution in [0.1, 0.15) is 29.9 Å². The first kappa shape index (κ1) is 22.3. The van der Waals surface area contributed by atoms with Crippen LogP contribution >= 0.6 is 0 Å². The number of ether oxygens (including phenoxy) is 1. The Balaban J connectivity index is 1.80. The number of aromatic nitrogens is 3. The number of pyridine rings is 1. The Kier molecular flexibility index (Phi) is 6.62. The highest BCUT2D eigenvalue weighted by Crippen LogP contribution is 2.25. The number of carbonyl (C=O) groups excluding carboxylic acids is 1. The fourth-order valence-electron chi connectivity index (χ4n) is 3.00. The molecule has 0 N–H and O–H groups in total. The molecule has 0 bridgehead atoms. The second kappa shape index (κ2) is 9.20. The number of benzene rings is 1. The number of imidazole rings is 1. The van der Waals surface area contributed by atoms with E-state index < -0.39 is 12.8 Å². The van der Waals surface area contributed by atoms with Crippen molar-refractivity contribution in [1.82, 2.24) is 19.4 Å². The molecular formula is C22H23F3N4O2. The van der Waals surface area contributed by atoms with Gasteiger partial charge in [0.1, 0.15) is 11.4 Å². The van der Waals surface area contributed by atoms with Crippen molar-refractivity contribution in [1.29, 1.82) is 0 Å². The predicted octanol–water partition coefficient (Wildman–Crippen LogP) is 4.47. The maximum absolute atomic E-state index is 12.9. The number of aryl methyl sites for hydroxylation is 1. The molecule has 1 aromatic carbocycles. The van der Waals surface area contributed by atoms with E-state index in [2.05, 4.69) is 9.97 Å². The first-order chi connectivity index (χ1) is 14.6. The molecule has 164 valence electrons. The van der Waals surface area contributed by atoms with E-state index in [9.17, 15) is 18.0 Å². The highest BCUT2D eigenvalue weighted by molar-refractivity contribution is 5.92. The predicted molar refractivity (Wildman–Crippen MR) is 109 cm³/mol. The van der Waals surface area contributed by atoms with E-state index in [1.807, 2.05) is 19.9 Å². The molecule has 9 heteroatoms. The van der Waals surface area contributed by atoms with Crippen molar-refractivity contribution in [3.8, 4) is 17.0 Å². The van der Waals surface area contributed by atoms with Gasteiger partial charge in [-0.05, 0) is 43.7 Å². The maximum atomic E-state index is 12.9. The average molecular weight is 432 g/mol. The molecule has 0 atom stereocenters. The maximum Gasteiger partial charge on any atom is 0.422 e. The van der Waals surface area contributed by atoms with Crippen molar-refractivity contribution in [2.75, 3.05) is 6.61 Å². The first-order valence-corrected chi connectivity index (χ1v) is 9.66. The molecule has 0 saturated carbocycles. The third-order valence-corrected chi connectivity index (χ3v) is 4.52. The number of nitrogens with zero attached hydrogens (tertiary/aromatic N) is 4. The number of hydrogen-bond acceptors (Lipinski definition) is 4. The third kappa shape index (κ3) is 6.07. The van der Waals surface area contributed by atoms with E-state index in [0.717, 1.165) is 5.56 Å². The molecular weight excluding hydrogens is 409 g/mol. The van der Waals surface area contributed by atoms with Crippen molar-refractivity contribution in [3.05, 3.63) is 66.4 Å². The Morgan fingerprint density at radius 2 is 1.97 bits per heavy atom. The van der Waals surface area contributed by atoms with E-state index in [4.69, 9.17) is 4.74 Å². The SMILES string of the molecule is CC(C)N(Cc1ccnc(-c2cccc(OCC(F)(F)F)c2)c1)C(=O)c1cn(C)cn1. The van der Waals surface area contributed by atoms with Gasteiger partial charge in [-0.3, -0.25) is 9.78 Å². The van der Waals surface area contributed by atoms with Crippen LogP contribution in [-0.4, -0.2) is 44.2 Å². The van der Waals surface area contributed by atoms with Crippen molar-refractivity contribution in [2.24, 2.45) is 7.05 Å². The van der Waals surface area contributed by atoms with Gasteiger partial charge < -0.3 is 14.2 Å². The first-order valence-electron chi connectivity index (χ1n) is 9.66. The summed E-state index contributed by atoms with van der Waals surface area (Å²) in [5.74, 6) is -0.0762. The quantitative estimate of drug-likeness (QED) is 0.553. The van der Waals surface area contributed by atoms with E-state index in [1.165, 1.54) is 12.1 Å². The molecule has 2 aromatic heterocycles. The van der Waals surface area contributed by atoms with Crippen molar-refractivity contribution < 1.29 is 22.7 Å². The van der Waals surface area contributed by atoms with Gasteiger partial charge in [0.2, 0.25) is 0 Å². The Labute approximate surface area is 178 Å². The number of carbonyl (C=O) groups is 1. The molecule has 0 saturated heterocycles. The minimum Gasteiger partial charge on any atom is -0.484 e. The van der Waals surface area contributed by atoms with Gasteiger partial charge >= 0.3 is 6.18 Å². The summed E-state index contributed by atoms with van der Waals surface area (Å²) in [4.78, 5) is 23.0. The lowest BCUT2D eigenvalue weighted by Crippen LogP contribution is -2.36. The van der Waals surface area contributed by atoms with Crippen LogP contribution in [0.4, 0.5) is 13.2 Å². The number of amides is 1. The van der Waals surface area contributed by atoms with Crippen LogP contribution in [-0.2, 0) is 13.6 Å². The summed E-state index contributed by atoms with van der Waals surface area (Å²) < 4.78 is 43.8. The van der Waals surface area contributed by atoms with Gasteiger partial charge in [-0.15, -0.1) is 0 Å². The van der Waals surface area contributed by atoms with Crippen LogP contribution in [0.15, 0.2) is 55.1 Å². The number of alkyl halides is 3. The zero-order valence-electron chi connectivity index (χ0n) is 17.4. The minimum absolute atomic E-state index is 0.0646. The summed E-state index contributed by atoms with van der Waals surface area (Å²) in [6.07, 6.45) is 0.443. The van der Waals surface area contributed by atoms with Crippen LogP contribution in [0.25, 0.3) is 11.3 Å². The normalized spacial score (nSPS) is 11.6. The standard InChI is InChI=1S/C22H23F3N4O2/c1-15(2)29(21(30)20-12-28(3)14-27-20)11-16-7-8-26-19(9-16)17-5-4-6-18(10-17)31-13-22(23,24)25/h4-10,12,14-15H,11,13H2,1-3H3. The van der Waals surface area contributed by atoms with Crippen molar-refractivity contribution >= 4 is 5.91 Å². The molecule has 3 aromatic rings. The molecule has 3 rings (SSSR count). The van der Waals surface area contributed by atoms with Crippen LogP contribution in [0.3, 0.4) is 0 Å². The number of halogens is 3. The summed E-state index contributed by atoms with van der Waals surface area (Å²) in [5, 5.41) is 0. The van der Waals surface area contributed by atoms with E-state index in [1.54, 1.807) is 53.4 Å². The van der Waals surface area contributed by atoms with Gasteiger partial charge in [0.05, 0.1) is 12.0 Å². The van der Waals surface area contributed by atoms with Gasteiger partial charge in [0.15, 0.2) is 6.61 Å². The van der Waals surface area contributed by atoms with Crippen molar-refractivity contribution in [2.45, 2.75) is 32.6 Å². The summed E-state index contributed by atoms with van der Waals surface area (Å²) in [5.41, 5.74) is 2.39. The number of rotatable bonds is 7. The highest BCUT2D eigenvalue weighted by Gasteiger charge is 2.28. The van der Waals surface area contributed by atoms with Crippen LogP contribution < -0.4 is 4.74 Å². The summed E-state index contributed by atoms with van der Waals surface area (Å²) in [7, 11) is 1.80. The van der Waals surface area contributed by atoms with Gasteiger partial charge in [0, 0.05) is 37.6 Å². The van der Waals surface area contributed by atoms with Crippen molar-refractivity contribution in [3.63, 3.8) is 0 Å². The second-order valence-corrected chi connectivity index (χ2v) is 7.43. The smallest absolute Gasteiger partial charge is 0.422 e. The lowest BCUT2D eigenvalue weighted by molar-refractivity contribution is -0.153. The van der Waals surface area contributed by atoms with Gasteiger partial charge in [-0.1, -0.05) is 12.1 Å². The van der Waals surface area contributed by atoms with E-state index in [0.29, 0.717) is 23.5 Å². The topological polar surface area (TPSA) is 60.3 Å².